The first-order valence-corrected chi connectivity index (χ1v) is 10.2. The first-order valence-electron chi connectivity index (χ1n) is 8.22. The lowest BCUT2D eigenvalue weighted by Gasteiger charge is -2.10. The van der Waals surface area contributed by atoms with Gasteiger partial charge in [0.2, 0.25) is 0 Å². The summed E-state index contributed by atoms with van der Waals surface area (Å²) in [5.74, 6) is 0.702. The van der Waals surface area contributed by atoms with Gasteiger partial charge in [-0.25, -0.2) is 0 Å². The van der Waals surface area contributed by atoms with E-state index in [1.807, 2.05) is 29.7 Å². The summed E-state index contributed by atoms with van der Waals surface area (Å²) < 4.78 is 9.78. The van der Waals surface area contributed by atoms with E-state index in [1.165, 1.54) is 15.9 Å². The molecule has 1 N–H and O–H groups in total. The number of aryl methyl sites for hydroxylation is 1. The lowest BCUT2D eigenvalue weighted by atomic mass is 10.2. The monoisotopic (exact) mass is 447 g/mol. The molecule has 0 aliphatic heterocycles. The Balaban J connectivity index is 1.99. The van der Waals surface area contributed by atoms with Gasteiger partial charge in [-0.3, -0.25) is 13.9 Å². The van der Waals surface area contributed by atoms with Crippen LogP contribution in [0, 0.1) is 15.6 Å². The maximum absolute atomic E-state index is 13.2. The summed E-state index contributed by atoms with van der Waals surface area (Å²) in [5, 5.41) is 0.671. The number of hydrogen-bond acceptors (Lipinski definition) is 5. The zero-order valence-corrected chi connectivity index (χ0v) is 18.1. The van der Waals surface area contributed by atoms with E-state index in [1.54, 1.807) is 31.4 Å². The number of aromatic nitrogens is 3. The molecule has 2 aromatic heterocycles. The number of aromatic amines is 1. The van der Waals surface area contributed by atoms with Crippen molar-refractivity contribution in [3.8, 4) is 17.1 Å². The van der Waals surface area contributed by atoms with Crippen LogP contribution >= 0.6 is 47.4 Å². The third-order valence-electron chi connectivity index (χ3n) is 4.37. The van der Waals surface area contributed by atoms with Gasteiger partial charge >= 0.3 is 0 Å². The zero-order chi connectivity index (χ0) is 20.0. The second kappa shape index (κ2) is 7.29. The summed E-state index contributed by atoms with van der Waals surface area (Å²) in [6.07, 6.45) is 0. The number of H-pyrrole nitrogens is 1. The van der Waals surface area contributed by atoms with Crippen LogP contribution in [0.3, 0.4) is 0 Å². The van der Waals surface area contributed by atoms with Crippen LogP contribution in [0.15, 0.2) is 47.3 Å². The van der Waals surface area contributed by atoms with Gasteiger partial charge in [-0.05, 0) is 79.4 Å². The van der Waals surface area contributed by atoms with Crippen molar-refractivity contribution in [3.05, 3.63) is 72.1 Å². The Morgan fingerprint density at radius 2 is 1.75 bits per heavy atom. The van der Waals surface area contributed by atoms with E-state index in [0.29, 0.717) is 30.8 Å². The summed E-state index contributed by atoms with van der Waals surface area (Å²) in [5.41, 5.74) is 2.76. The average molecular weight is 448 g/mol. The Hall–Kier alpha value is -2.26. The van der Waals surface area contributed by atoms with Crippen LogP contribution in [0.2, 0.25) is 5.02 Å². The molecule has 0 unspecified atom stereocenters. The first-order chi connectivity index (χ1) is 13.4. The number of rotatable bonds is 3. The highest BCUT2D eigenvalue weighted by Gasteiger charge is 2.15. The second-order valence-electron chi connectivity index (χ2n) is 6.08. The number of hydrogen-bond donors (Lipinski definition) is 1. The molecule has 0 atom stereocenters. The van der Waals surface area contributed by atoms with Crippen molar-refractivity contribution in [1.82, 2.24) is 14.1 Å². The molecule has 5 nitrogen and oxygen atoms in total. The van der Waals surface area contributed by atoms with Crippen LogP contribution in [0.4, 0.5) is 0 Å². The number of nitrogens with one attached hydrogen (secondary N) is 1. The molecular weight excluding hydrogens is 434 g/mol. The minimum Gasteiger partial charge on any atom is -0.497 e. The average Bonchev–Trinajstić information content (AvgIpc) is 3.01. The van der Waals surface area contributed by atoms with Gasteiger partial charge in [0.05, 0.1) is 12.8 Å². The van der Waals surface area contributed by atoms with Gasteiger partial charge in [-0.2, -0.15) is 0 Å². The molecule has 2 aromatic carbocycles. The maximum atomic E-state index is 13.2. The van der Waals surface area contributed by atoms with E-state index >= 15 is 0 Å². The molecule has 0 fully saturated rings. The van der Waals surface area contributed by atoms with Gasteiger partial charge in [0.25, 0.3) is 5.56 Å². The van der Waals surface area contributed by atoms with E-state index < -0.39 is 0 Å². The van der Waals surface area contributed by atoms with E-state index in [4.69, 9.17) is 40.8 Å². The largest absolute Gasteiger partial charge is 0.497 e. The van der Waals surface area contributed by atoms with Crippen LogP contribution in [0.1, 0.15) is 5.56 Å². The van der Waals surface area contributed by atoms with Gasteiger partial charge in [0, 0.05) is 10.7 Å². The minimum atomic E-state index is -0.218. The SMILES string of the molecule is COc1ccc(-n2c(=S)[nH]c3c(sc(=S)n3-c3ccc(Cl)c(C)c3)c2=O)cc1. The fourth-order valence-electron chi connectivity index (χ4n) is 2.95. The highest BCUT2D eigenvalue weighted by Crippen LogP contribution is 2.26. The summed E-state index contributed by atoms with van der Waals surface area (Å²) >= 11 is 18.4. The van der Waals surface area contributed by atoms with Crippen LogP contribution < -0.4 is 10.3 Å². The van der Waals surface area contributed by atoms with Gasteiger partial charge in [-0.1, -0.05) is 22.9 Å². The molecule has 9 heteroatoms. The molecular formula is C19H14ClN3O2S3. The molecule has 0 amide bonds. The van der Waals surface area contributed by atoms with Gasteiger partial charge in [0.15, 0.2) is 8.73 Å². The predicted molar refractivity (Wildman–Crippen MR) is 119 cm³/mol. The van der Waals surface area contributed by atoms with E-state index in [2.05, 4.69) is 4.98 Å². The molecule has 0 spiro atoms. The number of nitrogens with zero attached hydrogens (tertiary/aromatic N) is 2. The molecule has 0 saturated carbocycles. The van der Waals surface area contributed by atoms with E-state index in [-0.39, 0.29) is 10.3 Å². The van der Waals surface area contributed by atoms with Crippen LogP contribution in [0.25, 0.3) is 21.7 Å². The quantitative estimate of drug-likeness (QED) is 0.415. The molecule has 0 bridgehead atoms. The number of ether oxygens (including phenoxy) is 1. The fourth-order valence-corrected chi connectivity index (χ4v) is 4.68. The highest BCUT2D eigenvalue weighted by atomic mass is 35.5. The Bertz CT molecular complexity index is 1380. The van der Waals surface area contributed by atoms with Crippen molar-refractivity contribution >= 4 is 57.7 Å². The van der Waals surface area contributed by atoms with E-state index in [9.17, 15) is 4.79 Å². The summed E-state index contributed by atoms with van der Waals surface area (Å²) in [6, 6.07) is 12.7. The maximum Gasteiger partial charge on any atom is 0.278 e. The van der Waals surface area contributed by atoms with Crippen LogP contribution in [-0.4, -0.2) is 21.2 Å². The van der Waals surface area contributed by atoms with Crippen molar-refractivity contribution in [3.63, 3.8) is 0 Å². The normalized spacial score (nSPS) is 11.1. The lowest BCUT2D eigenvalue weighted by molar-refractivity contribution is 0.414. The minimum absolute atomic E-state index is 0.218. The molecule has 4 aromatic rings. The zero-order valence-electron chi connectivity index (χ0n) is 14.9. The number of methoxy groups -OCH3 is 1. The van der Waals surface area contributed by atoms with Crippen molar-refractivity contribution in [2.24, 2.45) is 0 Å². The highest BCUT2D eigenvalue weighted by molar-refractivity contribution is 7.73. The number of benzene rings is 2. The molecule has 0 radical (unpaired) electrons. The number of fused-ring (bicyclic) bond motifs is 1. The van der Waals surface area contributed by atoms with Gasteiger partial charge in [0.1, 0.15) is 16.1 Å². The topological polar surface area (TPSA) is 51.9 Å². The molecule has 0 saturated heterocycles. The molecule has 0 aliphatic carbocycles. The van der Waals surface area contributed by atoms with E-state index in [0.717, 1.165) is 11.3 Å². The van der Waals surface area contributed by atoms with Crippen molar-refractivity contribution < 1.29 is 4.74 Å². The number of halogens is 1. The third kappa shape index (κ3) is 3.12. The van der Waals surface area contributed by atoms with Crippen LogP contribution in [-0.2, 0) is 0 Å². The summed E-state index contributed by atoms with van der Waals surface area (Å²) in [6.45, 7) is 1.92. The summed E-state index contributed by atoms with van der Waals surface area (Å²) in [4.78, 5) is 16.4. The molecule has 0 aliphatic rings. The standard InChI is InChI=1S/C19H14ClN3O2S3/c1-10-9-12(5-8-14(10)20)22-16-15(28-19(22)27)17(24)23(18(26)21-16)11-3-6-13(25-2)7-4-11/h3-9H,1-2H3,(H,21,26). The Labute approximate surface area is 179 Å². The fraction of sp³-hybridized carbons (Fsp3) is 0.105. The lowest BCUT2D eigenvalue weighted by Crippen LogP contribution is -2.20. The smallest absolute Gasteiger partial charge is 0.278 e. The van der Waals surface area contributed by atoms with Gasteiger partial charge < -0.3 is 9.72 Å². The van der Waals surface area contributed by atoms with Crippen LogP contribution in [0.5, 0.6) is 5.75 Å². The summed E-state index contributed by atoms with van der Waals surface area (Å²) in [7, 11) is 1.59. The number of thiazole rings is 1. The van der Waals surface area contributed by atoms with Crippen molar-refractivity contribution in [2.75, 3.05) is 7.11 Å². The van der Waals surface area contributed by atoms with Gasteiger partial charge in [-0.15, -0.1) is 0 Å². The Kier molecular flexibility index (Phi) is 4.96. The molecule has 28 heavy (non-hydrogen) atoms. The second-order valence-corrected chi connectivity index (χ2v) is 8.52. The molecule has 142 valence electrons. The Morgan fingerprint density at radius 1 is 1.07 bits per heavy atom. The first kappa shape index (κ1) is 19.1. The van der Waals surface area contributed by atoms with Crippen molar-refractivity contribution in [1.29, 1.82) is 0 Å². The van der Waals surface area contributed by atoms with Crippen molar-refractivity contribution in [2.45, 2.75) is 6.92 Å². The third-order valence-corrected chi connectivity index (χ3v) is 6.44. The molecule has 2 heterocycles. The Morgan fingerprint density at radius 3 is 2.39 bits per heavy atom. The molecule has 4 rings (SSSR count). The predicted octanol–water partition coefficient (Wildman–Crippen LogP) is 5.60.